The lowest BCUT2D eigenvalue weighted by Crippen LogP contribution is -2.12. The van der Waals surface area contributed by atoms with Crippen LogP contribution in [0.1, 0.15) is 17.5 Å². The predicted molar refractivity (Wildman–Crippen MR) is 116 cm³/mol. The SMILES string of the molecule is COc1ccc(CN(C)C)c(OC)c1-c1cccc2c(CCC(=O)O)cccc12. The van der Waals surface area contributed by atoms with Crippen LogP contribution >= 0.6 is 0 Å². The molecule has 0 bridgehead atoms. The smallest absolute Gasteiger partial charge is 0.303 e. The summed E-state index contributed by atoms with van der Waals surface area (Å²) < 4.78 is 11.5. The minimum absolute atomic E-state index is 0.105. The van der Waals surface area contributed by atoms with Crippen LogP contribution in [0.2, 0.25) is 0 Å². The van der Waals surface area contributed by atoms with Crippen LogP contribution < -0.4 is 9.47 Å². The van der Waals surface area contributed by atoms with E-state index in [0.717, 1.165) is 51.1 Å². The Balaban J connectivity index is 2.25. The fourth-order valence-corrected chi connectivity index (χ4v) is 3.78. The fraction of sp³-hybridized carbons (Fsp3) is 0.292. The molecule has 0 fully saturated rings. The number of carboxylic acids is 1. The first-order valence-electron chi connectivity index (χ1n) is 9.57. The summed E-state index contributed by atoms with van der Waals surface area (Å²) in [6.45, 7) is 0.745. The number of carbonyl (C=O) groups is 1. The Labute approximate surface area is 171 Å². The van der Waals surface area contributed by atoms with Crippen LogP contribution in [-0.4, -0.2) is 44.3 Å². The Bertz CT molecular complexity index is 1030. The number of fused-ring (bicyclic) bond motifs is 1. The van der Waals surface area contributed by atoms with Gasteiger partial charge in [0.1, 0.15) is 11.5 Å². The second kappa shape index (κ2) is 8.97. The van der Waals surface area contributed by atoms with Gasteiger partial charge >= 0.3 is 5.97 Å². The molecule has 0 heterocycles. The molecule has 0 unspecified atom stereocenters. The molecule has 5 nitrogen and oxygen atoms in total. The molecule has 0 aliphatic rings. The molecule has 3 rings (SSSR count). The number of nitrogens with zero attached hydrogens (tertiary/aromatic N) is 1. The van der Waals surface area contributed by atoms with Crippen molar-refractivity contribution in [2.75, 3.05) is 28.3 Å². The van der Waals surface area contributed by atoms with E-state index in [1.807, 2.05) is 50.5 Å². The highest BCUT2D eigenvalue weighted by Crippen LogP contribution is 2.44. The highest BCUT2D eigenvalue weighted by atomic mass is 16.5. The van der Waals surface area contributed by atoms with Crippen LogP contribution in [-0.2, 0) is 17.8 Å². The Morgan fingerprint density at radius 3 is 2.31 bits per heavy atom. The molecule has 152 valence electrons. The monoisotopic (exact) mass is 393 g/mol. The maximum absolute atomic E-state index is 11.1. The third-order valence-electron chi connectivity index (χ3n) is 5.00. The van der Waals surface area contributed by atoms with Gasteiger partial charge in [0.25, 0.3) is 0 Å². The molecule has 1 N–H and O–H groups in total. The molecule has 0 aromatic heterocycles. The fourth-order valence-electron chi connectivity index (χ4n) is 3.78. The summed E-state index contributed by atoms with van der Waals surface area (Å²) in [6.07, 6.45) is 0.597. The second-order valence-electron chi connectivity index (χ2n) is 7.28. The minimum Gasteiger partial charge on any atom is -0.496 e. The predicted octanol–water partition coefficient (Wildman–Crippen LogP) is 4.60. The summed E-state index contributed by atoms with van der Waals surface area (Å²) in [6, 6.07) is 16.1. The zero-order valence-corrected chi connectivity index (χ0v) is 17.4. The van der Waals surface area contributed by atoms with Gasteiger partial charge in [0.15, 0.2) is 0 Å². The van der Waals surface area contributed by atoms with E-state index in [0.29, 0.717) is 6.42 Å². The molecule has 0 amide bonds. The number of carboxylic acid groups (broad SMARTS) is 1. The Morgan fingerprint density at radius 2 is 1.66 bits per heavy atom. The molecule has 0 saturated heterocycles. The maximum atomic E-state index is 11.1. The van der Waals surface area contributed by atoms with Gasteiger partial charge in [0, 0.05) is 18.5 Å². The lowest BCUT2D eigenvalue weighted by molar-refractivity contribution is -0.136. The highest BCUT2D eigenvalue weighted by Gasteiger charge is 2.19. The molecular formula is C24H27NO4. The summed E-state index contributed by atoms with van der Waals surface area (Å²) in [5, 5.41) is 11.2. The molecule has 29 heavy (non-hydrogen) atoms. The van der Waals surface area contributed by atoms with Gasteiger partial charge in [-0.05, 0) is 48.5 Å². The summed E-state index contributed by atoms with van der Waals surface area (Å²) in [7, 11) is 7.39. The number of hydrogen-bond acceptors (Lipinski definition) is 4. The summed E-state index contributed by atoms with van der Waals surface area (Å²) in [4.78, 5) is 13.2. The van der Waals surface area contributed by atoms with Crippen LogP contribution in [0, 0.1) is 0 Å². The van der Waals surface area contributed by atoms with E-state index in [1.165, 1.54) is 0 Å². The Morgan fingerprint density at radius 1 is 0.931 bits per heavy atom. The maximum Gasteiger partial charge on any atom is 0.303 e. The van der Waals surface area contributed by atoms with Gasteiger partial charge in [0.05, 0.1) is 19.8 Å². The molecule has 0 aliphatic carbocycles. The first-order valence-corrected chi connectivity index (χ1v) is 9.57. The number of hydrogen-bond donors (Lipinski definition) is 1. The molecular weight excluding hydrogens is 366 g/mol. The van der Waals surface area contributed by atoms with E-state index >= 15 is 0 Å². The third kappa shape index (κ3) is 4.35. The molecule has 3 aromatic rings. The van der Waals surface area contributed by atoms with Crippen LogP contribution in [0.3, 0.4) is 0 Å². The lowest BCUT2D eigenvalue weighted by atomic mass is 9.92. The zero-order valence-electron chi connectivity index (χ0n) is 17.4. The minimum atomic E-state index is -0.794. The topological polar surface area (TPSA) is 59.0 Å². The van der Waals surface area contributed by atoms with Gasteiger partial charge in [-0.25, -0.2) is 0 Å². The Kier molecular flexibility index (Phi) is 6.39. The van der Waals surface area contributed by atoms with Crippen molar-refractivity contribution in [1.29, 1.82) is 0 Å². The standard InChI is InChI=1S/C24H27NO4/c1-25(2)15-17-11-13-21(28-3)23(24(17)29-4)20-10-6-8-18-16(12-14-22(26)27)7-5-9-19(18)20/h5-11,13H,12,14-15H2,1-4H3,(H,26,27). The van der Waals surface area contributed by atoms with Crippen molar-refractivity contribution in [1.82, 2.24) is 4.90 Å². The van der Waals surface area contributed by atoms with E-state index < -0.39 is 5.97 Å². The number of ether oxygens (including phenoxy) is 2. The van der Waals surface area contributed by atoms with Crippen LogP contribution in [0.15, 0.2) is 48.5 Å². The number of methoxy groups -OCH3 is 2. The van der Waals surface area contributed by atoms with Crippen molar-refractivity contribution in [3.05, 3.63) is 59.7 Å². The molecule has 0 atom stereocenters. The molecule has 0 saturated carbocycles. The summed E-state index contributed by atoms with van der Waals surface area (Å²) in [5.74, 6) is 0.743. The molecule has 0 spiro atoms. The number of aryl methyl sites for hydroxylation is 1. The van der Waals surface area contributed by atoms with E-state index in [-0.39, 0.29) is 6.42 Å². The number of rotatable bonds is 8. The van der Waals surface area contributed by atoms with Gasteiger partial charge in [-0.2, -0.15) is 0 Å². The van der Waals surface area contributed by atoms with Crippen LogP contribution in [0.25, 0.3) is 21.9 Å². The van der Waals surface area contributed by atoms with Crippen molar-refractivity contribution in [3.63, 3.8) is 0 Å². The van der Waals surface area contributed by atoms with Gasteiger partial charge in [-0.15, -0.1) is 0 Å². The van der Waals surface area contributed by atoms with Gasteiger partial charge < -0.3 is 19.5 Å². The normalized spacial score (nSPS) is 11.1. The summed E-state index contributed by atoms with van der Waals surface area (Å²) in [5.41, 5.74) is 4.02. The van der Waals surface area contributed by atoms with Crippen molar-refractivity contribution < 1.29 is 19.4 Å². The first kappa shape index (κ1) is 20.7. The highest BCUT2D eigenvalue weighted by molar-refractivity contribution is 6.01. The van der Waals surface area contributed by atoms with Crippen molar-refractivity contribution in [2.45, 2.75) is 19.4 Å². The lowest BCUT2D eigenvalue weighted by Gasteiger charge is -2.20. The van der Waals surface area contributed by atoms with Gasteiger partial charge in [-0.3, -0.25) is 4.79 Å². The van der Waals surface area contributed by atoms with Gasteiger partial charge in [0.2, 0.25) is 0 Å². The van der Waals surface area contributed by atoms with Crippen molar-refractivity contribution >= 4 is 16.7 Å². The average molecular weight is 393 g/mol. The Hall–Kier alpha value is -3.05. The first-order chi connectivity index (χ1) is 14.0. The zero-order chi connectivity index (χ0) is 21.0. The molecule has 3 aromatic carbocycles. The quantitative estimate of drug-likeness (QED) is 0.606. The van der Waals surface area contributed by atoms with Crippen molar-refractivity contribution in [3.8, 4) is 22.6 Å². The molecule has 0 aliphatic heterocycles. The average Bonchev–Trinajstić information content (AvgIpc) is 2.70. The van der Waals surface area contributed by atoms with E-state index in [2.05, 4.69) is 17.0 Å². The van der Waals surface area contributed by atoms with Crippen LogP contribution in [0.4, 0.5) is 0 Å². The second-order valence-corrected chi connectivity index (χ2v) is 7.28. The molecule has 0 radical (unpaired) electrons. The van der Waals surface area contributed by atoms with E-state index in [9.17, 15) is 4.79 Å². The summed E-state index contributed by atoms with van der Waals surface area (Å²) >= 11 is 0. The molecule has 5 heteroatoms. The van der Waals surface area contributed by atoms with Gasteiger partial charge in [-0.1, -0.05) is 42.5 Å². The van der Waals surface area contributed by atoms with E-state index in [4.69, 9.17) is 14.6 Å². The van der Waals surface area contributed by atoms with Crippen LogP contribution in [0.5, 0.6) is 11.5 Å². The third-order valence-corrected chi connectivity index (χ3v) is 5.00. The largest absolute Gasteiger partial charge is 0.496 e. The van der Waals surface area contributed by atoms with Crippen molar-refractivity contribution in [2.24, 2.45) is 0 Å². The number of aliphatic carboxylic acids is 1. The number of benzene rings is 3. The van der Waals surface area contributed by atoms with E-state index in [1.54, 1.807) is 14.2 Å².